The van der Waals surface area contributed by atoms with Crippen molar-refractivity contribution in [1.82, 2.24) is 14.5 Å². The first-order valence-corrected chi connectivity index (χ1v) is 8.92. The molecule has 0 aromatic carbocycles. The van der Waals surface area contributed by atoms with Crippen LogP contribution in [0.15, 0.2) is 35.1 Å². The molecule has 2 aromatic rings. The summed E-state index contributed by atoms with van der Waals surface area (Å²) in [5.41, 5.74) is 0. The van der Waals surface area contributed by atoms with Crippen molar-refractivity contribution in [2.45, 2.75) is 16.8 Å². The van der Waals surface area contributed by atoms with Gasteiger partial charge in [0, 0.05) is 37.4 Å². The van der Waals surface area contributed by atoms with E-state index < -0.39 is 15.1 Å². The van der Waals surface area contributed by atoms with Gasteiger partial charge in [0.1, 0.15) is 5.25 Å². The zero-order valence-corrected chi connectivity index (χ0v) is 13.1. The molecule has 1 aliphatic rings. The number of amides is 1. The molecule has 3 heterocycles. The van der Waals surface area contributed by atoms with Gasteiger partial charge in [-0.15, -0.1) is 11.3 Å². The highest BCUT2D eigenvalue weighted by Gasteiger charge is 2.42. The number of thiophene rings is 1. The molecule has 0 saturated carbocycles. The highest BCUT2D eigenvalue weighted by molar-refractivity contribution is 7.92. The maximum absolute atomic E-state index is 12.4. The van der Waals surface area contributed by atoms with Gasteiger partial charge >= 0.3 is 0 Å². The molecule has 8 heteroatoms. The normalized spacial score (nSPS) is 16.0. The Morgan fingerprint density at radius 2 is 2.24 bits per heavy atom. The van der Waals surface area contributed by atoms with Crippen molar-refractivity contribution in [3.05, 3.63) is 34.8 Å². The second kappa shape index (κ2) is 5.27. The fraction of sp³-hybridized carbons (Fsp3) is 0.385. The zero-order chi connectivity index (χ0) is 15.0. The topological polar surface area (TPSA) is 72.3 Å². The Hall–Kier alpha value is -1.67. The molecule has 1 fully saturated rings. The van der Waals surface area contributed by atoms with Crippen LogP contribution in [-0.4, -0.2) is 47.1 Å². The van der Waals surface area contributed by atoms with Crippen LogP contribution in [0.3, 0.4) is 0 Å². The summed E-state index contributed by atoms with van der Waals surface area (Å²) in [4.78, 5) is 18.5. The fourth-order valence-corrected chi connectivity index (χ4v) is 4.70. The summed E-state index contributed by atoms with van der Waals surface area (Å²) in [5, 5.41) is 1.44. The third-order valence-electron chi connectivity index (χ3n) is 3.58. The lowest BCUT2D eigenvalue weighted by Gasteiger charge is -2.38. The molecule has 3 rings (SSSR count). The summed E-state index contributed by atoms with van der Waals surface area (Å²) >= 11 is 1.53. The second-order valence-corrected chi connectivity index (χ2v) is 8.20. The van der Waals surface area contributed by atoms with Crippen molar-refractivity contribution < 1.29 is 13.2 Å². The quantitative estimate of drug-likeness (QED) is 0.830. The van der Waals surface area contributed by atoms with E-state index in [0.717, 1.165) is 4.88 Å². The van der Waals surface area contributed by atoms with Gasteiger partial charge < -0.3 is 9.47 Å². The summed E-state index contributed by atoms with van der Waals surface area (Å²) in [6, 6.07) is 3.81. The van der Waals surface area contributed by atoms with Gasteiger partial charge in [0.05, 0.1) is 6.42 Å². The summed E-state index contributed by atoms with van der Waals surface area (Å²) in [7, 11) is -1.81. The number of aryl methyl sites for hydroxylation is 1. The minimum atomic E-state index is -3.46. The first-order valence-electron chi connectivity index (χ1n) is 6.50. The molecule has 0 atom stereocenters. The number of hydrogen-bond donors (Lipinski definition) is 0. The lowest BCUT2D eigenvalue weighted by atomic mass is 10.2. The Labute approximate surface area is 126 Å². The number of sulfone groups is 1. The van der Waals surface area contributed by atoms with Gasteiger partial charge in [0.15, 0.2) is 0 Å². The summed E-state index contributed by atoms with van der Waals surface area (Å²) in [5.74, 6) is -0.0243. The van der Waals surface area contributed by atoms with Gasteiger partial charge in [-0.2, -0.15) is 0 Å². The monoisotopic (exact) mass is 325 g/mol. The van der Waals surface area contributed by atoms with E-state index in [9.17, 15) is 13.2 Å². The van der Waals surface area contributed by atoms with Gasteiger partial charge in [-0.1, -0.05) is 6.07 Å². The molecule has 0 radical (unpaired) electrons. The highest BCUT2D eigenvalue weighted by Crippen LogP contribution is 2.23. The van der Waals surface area contributed by atoms with Gasteiger partial charge in [0.2, 0.25) is 20.9 Å². The molecule has 1 aliphatic heterocycles. The van der Waals surface area contributed by atoms with Crippen LogP contribution in [0.25, 0.3) is 0 Å². The van der Waals surface area contributed by atoms with Crippen LogP contribution in [0.1, 0.15) is 4.88 Å². The second-order valence-electron chi connectivity index (χ2n) is 5.04. The van der Waals surface area contributed by atoms with Crippen molar-refractivity contribution >= 4 is 27.1 Å². The molecule has 1 amide bonds. The number of aromatic nitrogens is 2. The molecule has 0 spiro atoms. The van der Waals surface area contributed by atoms with Gasteiger partial charge in [-0.05, 0) is 11.4 Å². The van der Waals surface area contributed by atoms with E-state index in [2.05, 4.69) is 4.98 Å². The van der Waals surface area contributed by atoms with Crippen molar-refractivity contribution in [3.63, 3.8) is 0 Å². The third-order valence-corrected chi connectivity index (χ3v) is 6.53. The Kier molecular flexibility index (Phi) is 3.58. The number of rotatable bonds is 4. The van der Waals surface area contributed by atoms with Gasteiger partial charge in [0.25, 0.3) is 0 Å². The van der Waals surface area contributed by atoms with Gasteiger partial charge in [-0.3, -0.25) is 4.79 Å². The van der Waals surface area contributed by atoms with Crippen LogP contribution in [0.2, 0.25) is 0 Å². The fourth-order valence-electron chi connectivity index (χ4n) is 2.29. The van der Waals surface area contributed by atoms with Crippen LogP contribution < -0.4 is 0 Å². The maximum atomic E-state index is 12.4. The molecule has 0 unspecified atom stereocenters. The maximum Gasteiger partial charge on any atom is 0.227 e. The number of nitrogens with zero attached hydrogens (tertiary/aromatic N) is 3. The molecule has 0 bridgehead atoms. The van der Waals surface area contributed by atoms with Crippen LogP contribution in [0.4, 0.5) is 0 Å². The molecular weight excluding hydrogens is 310 g/mol. The van der Waals surface area contributed by atoms with E-state index in [1.807, 2.05) is 17.5 Å². The Morgan fingerprint density at radius 1 is 1.48 bits per heavy atom. The lowest BCUT2D eigenvalue weighted by molar-refractivity contribution is -0.133. The molecule has 1 saturated heterocycles. The van der Waals surface area contributed by atoms with E-state index in [1.165, 1.54) is 22.1 Å². The highest BCUT2D eigenvalue weighted by atomic mass is 32.2. The average molecular weight is 325 g/mol. The van der Waals surface area contributed by atoms with Crippen LogP contribution in [0, 0.1) is 0 Å². The molecular formula is C13H15N3O3S2. The standard InChI is InChI=1S/C13H15N3O3S2/c1-15-5-4-14-13(15)21(18,19)11-8-16(9-11)12(17)7-10-3-2-6-20-10/h2-6,11H,7-9H2,1H3. The van der Waals surface area contributed by atoms with E-state index in [4.69, 9.17) is 0 Å². The first kappa shape index (κ1) is 14.3. The molecule has 6 nitrogen and oxygen atoms in total. The third kappa shape index (κ3) is 2.60. The Bertz CT molecular complexity index is 743. The minimum absolute atomic E-state index is 0.0243. The Morgan fingerprint density at radius 3 is 2.81 bits per heavy atom. The largest absolute Gasteiger partial charge is 0.340 e. The smallest absolute Gasteiger partial charge is 0.227 e. The SMILES string of the molecule is Cn1ccnc1S(=O)(=O)C1CN(C(=O)Cc2cccs2)C1. The van der Waals surface area contributed by atoms with Crippen molar-refractivity contribution in [2.24, 2.45) is 7.05 Å². The summed E-state index contributed by atoms with van der Waals surface area (Å²) in [6.07, 6.45) is 3.41. The van der Waals surface area contributed by atoms with Crippen LogP contribution >= 0.6 is 11.3 Å². The molecule has 0 aliphatic carbocycles. The molecule has 21 heavy (non-hydrogen) atoms. The molecule has 112 valence electrons. The first-order chi connectivity index (χ1) is 9.98. The minimum Gasteiger partial charge on any atom is -0.340 e. The zero-order valence-electron chi connectivity index (χ0n) is 11.5. The van der Waals surface area contributed by atoms with E-state index in [1.54, 1.807) is 18.1 Å². The van der Waals surface area contributed by atoms with Crippen LogP contribution in [0.5, 0.6) is 0 Å². The van der Waals surface area contributed by atoms with Crippen LogP contribution in [-0.2, 0) is 28.1 Å². The predicted octanol–water partition coefficient (Wildman–Crippen LogP) is 0.709. The van der Waals surface area contributed by atoms with E-state index in [-0.39, 0.29) is 24.2 Å². The predicted molar refractivity (Wildman–Crippen MR) is 78.8 cm³/mol. The number of carbonyl (C=O) groups is 1. The lowest BCUT2D eigenvalue weighted by Crippen LogP contribution is -2.57. The van der Waals surface area contributed by atoms with Crippen molar-refractivity contribution in [2.75, 3.05) is 13.1 Å². The van der Waals surface area contributed by atoms with E-state index >= 15 is 0 Å². The number of carbonyl (C=O) groups excluding carboxylic acids is 1. The number of imidazole rings is 1. The molecule has 2 aromatic heterocycles. The summed E-state index contributed by atoms with van der Waals surface area (Å²) in [6.45, 7) is 0.499. The summed E-state index contributed by atoms with van der Waals surface area (Å²) < 4.78 is 26.2. The average Bonchev–Trinajstić information content (AvgIpc) is 2.97. The van der Waals surface area contributed by atoms with Crippen molar-refractivity contribution in [3.8, 4) is 0 Å². The van der Waals surface area contributed by atoms with E-state index in [0.29, 0.717) is 6.42 Å². The Balaban J connectivity index is 1.63. The number of hydrogen-bond acceptors (Lipinski definition) is 5. The van der Waals surface area contributed by atoms with Gasteiger partial charge in [-0.25, -0.2) is 13.4 Å². The number of likely N-dealkylation sites (tertiary alicyclic amines) is 1. The molecule has 0 N–H and O–H groups in total. The van der Waals surface area contributed by atoms with Crippen molar-refractivity contribution in [1.29, 1.82) is 0 Å².